The van der Waals surface area contributed by atoms with Gasteiger partial charge in [0, 0.05) is 17.8 Å². The Balaban J connectivity index is 2.04. The third kappa shape index (κ3) is 1.89. The van der Waals surface area contributed by atoms with Gasteiger partial charge in [0.25, 0.3) is 0 Å². The summed E-state index contributed by atoms with van der Waals surface area (Å²) in [6, 6.07) is 11.4. The topological polar surface area (TPSA) is 46.3 Å². The van der Waals surface area contributed by atoms with Gasteiger partial charge in [0.2, 0.25) is 0 Å². The number of hydrogen-bond acceptors (Lipinski definition) is 3. The number of fused-ring (bicyclic) bond motifs is 1. The third-order valence-corrected chi connectivity index (χ3v) is 2.98. The Kier molecular flexibility index (Phi) is 2.61. The van der Waals surface area contributed by atoms with Crippen LogP contribution in [0.4, 0.5) is 0 Å². The summed E-state index contributed by atoms with van der Waals surface area (Å²) >= 11 is 0. The molecule has 3 nitrogen and oxygen atoms in total. The van der Waals surface area contributed by atoms with Gasteiger partial charge in [-0.2, -0.15) is 0 Å². The van der Waals surface area contributed by atoms with Crippen LogP contribution in [0.1, 0.15) is 23.0 Å². The highest BCUT2D eigenvalue weighted by Gasteiger charge is 2.15. The van der Waals surface area contributed by atoms with Gasteiger partial charge in [0.1, 0.15) is 17.4 Å². The van der Waals surface area contributed by atoms with Crippen LogP contribution in [0.25, 0.3) is 11.0 Å². The van der Waals surface area contributed by atoms with Crippen molar-refractivity contribution >= 4 is 11.0 Å². The molecule has 1 aromatic carbocycles. The van der Waals surface area contributed by atoms with E-state index in [0.29, 0.717) is 5.76 Å². The summed E-state index contributed by atoms with van der Waals surface area (Å²) in [6.45, 7) is 2.03. The van der Waals surface area contributed by atoms with Crippen LogP contribution < -0.4 is 0 Å². The van der Waals surface area contributed by atoms with Crippen LogP contribution in [0.3, 0.4) is 0 Å². The Morgan fingerprint density at radius 1 is 1.11 bits per heavy atom. The highest BCUT2D eigenvalue weighted by atomic mass is 16.4. The zero-order chi connectivity index (χ0) is 12.5. The standard InChI is InChI=1S/C15H13NO2/c1-10-2-3-13-12(8-10)9-14(18-13)15(17)11-4-6-16-7-5-11/h2-9,15,17H,1H3. The molecule has 1 N–H and O–H groups in total. The van der Waals surface area contributed by atoms with Crippen molar-refractivity contribution in [3.8, 4) is 0 Å². The van der Waals surface area contributed by atoms with Gasteiger partial charge in [-0.1, -0.05) is 11.6 Å². The van der Waals surface area contributed by atoms with E-state index in [-0.39, 0.29) is 0 Å². The van der Waals surface area contributed by atoms with Gasteiger partial charge in [-0.25, -0.2) is 0 Å². The lowest BCUT2D eigenvalue weighted by atomic mass is 10.1. The third-order valence-electron chi connectivity index (χ3n) is 2.98. The van der Waals surface area contributed by atoms with Crippen molar-refractivity contribution in [2.45, 2.75) is 13.0 Å². The van der Waals surface area contributed by atoms with Crippen molar-refractivity contribution < 1.29 is 9.52 Å². The normalized spacial score (nSPS) is 12.8. The first-order chi connectivity index (χ1) is 8.74. The summed E-state index contributed by atoms with van der Waals surface area (Å²) in [5.41, 5.74) is 2.75. The minimum absolute atomic E-state index is 0.557. The second-order valence-electron chi connectivity index (χ2n) is 4.37. The molecule has 0 saturated heterocycles. The summed E-state index contributed by atoms with van der Waals surface area (Å²) < 4.78 is 5.67. The molecule has 0 aliphatic heterocycles. The SMILES string of the molecule is Cc1ccc2oc(C(O)c3ccncc3)cc2c1. The summed E-state index contributed by atoms with van der Waals surface area (Å²) in [4.78, 5) is 3.93. The van der Waals surface area contributed by atoms with Gasteiger partial charge in [-0.15, -0.1) is 0 Å². The van der Waals surface area contributed by atoms with E-state index >= 15 is 0 Å². The van der Waals surface area contributed by atoms with E-state index in [0.717, 1.165) is 16.5 Å². The molecule has 2 heterocycles. The second-order valence-corrected chi connectivity index (χ2v) is 4.37. The van der Waals surface area contributed by atoms with Crippen molar-refractivity contribution in [1.29, 1.82) is 0 Å². The molecular weight excluding hydrogens is 226 g/mol. The predicted octanol–water partition coefficient (Wildman–Crippen LogP) is 3.22. The van der Waals surface area contributed by atoms with E-state index < -0.39 is 6.10 Å². The molecule has 0 aliphatic carbocycles. The zero-order valence-electron chi connectivity index (χ0n) is 10.00. The second kappa shape index (κ2) is 4.27. The molecule has 0 fully saturated rings. The number of aliphatic hydroxyl groups is 1. The molecule has 0 amide bonds. The molecule has 0 bridgehead atoms. The fourth-order valence-electron chi connectivity index (χ4n) is 2.03. The van der Waals surface area contributed by atoms with Gasteiger partial charge in [-0.3, -0.25) is 4.98 Å². The van der Waals surface area contributed by atoms with Gasteiger partial charge in [0.05, 0.1) is 0 Å². The first-order valence-corrected chi connectivity index (χ1v) is 5.82. The summed E-state index contributed by atoms with van der Waals surface area (Å²) in [5.74, 6) is 0.557. The molecule has 1 atom stereocenters. The number of aromatic nitrogens is 1. The molecule has 3 heteroatoms. The Morgan fingerprint density at radius 2 is 1.89 bits per heavy atom. The first kappa shape index (κ1) is 11.0. The number of pyridine rings is 1. The minimum atomic E-state index is -0.749. The smallest absolute Gasteiger partial charge is 0.138 e. The molecule has 2 aromatic heterocycles. The Bertz CT molecular complexity index is 673. The number of nitrogens with zero attached hydrogens (tertiary/aromatic N) is 1. The predicted molar refractivity (Wildman–Crippen MR) is 69.2 cm³/mol. The van der Waals surface area contributed by atoms with Crippen LogP contribution in [-0.2, 0) is 0 Å². The molecule has 18 heavy (non-hydrogen) atoms. The van der Waals surface area contributed by atoms with Crippen molar-refractivity contribution in [3.05, 3.63) is 65.7 Å². The van der Waals surface area contributed by atoms with Crippen molar-refractivity contribution in [3.63, 3.8) is 0 Å². The van der Waals surface area contributed by atoms with Crippen LogP contribution in [0.5, 0.6) is 0 Å². The molecule has 3 aromatic rings. The maximum absolute atomic E-state index is 10.2. The monoisotopic (exact) mass is 239 g/mol. The van der Waals surface area contributed by atoms with E-state index in [1.807, 2.05) is 31.2 Å². The first-order valence-electron chi connectivity index (χ1n) is 5.82. The Labute approximate surface area is 105 Å². The van der Waals surface area contributed by atoms with E-state index in [4.69, 9.17) is 4.42 Å². The Hall–Kier alpha value is -2.13. The van der Waals surface area contributed by atoms with Crippen LogP contribution in [0.15, 0.2) is 53.2 Å². The molecule has 1 unspecified atom stereocenters. The van der Waals surface area contributed by atoms with Crippen LogP contribution in [0, 0.1) is 6.92 Å². The van der Waals surface area contributed by atoms with E-state index in [2.05, 4.69) is 4.98 Å². The van der Waals surface area contributed by atoms with E-state index in [1.54, 1.807) is 24.5 Å². The van der Waals surface area contributed by atoms with Crippen LogP contribution >= 0.6 is 0 Å². The zero-order valence-corrected chi connectivity index (χ0v) is 10.00. The molecule has 0 spiro atoms. The molecular formula is C15H13NO2. The maximum atomic E-state index is 10.2. The number of furan rings is 1. The van der Waals surface area contributed by atoms with Crippen LogP contribution in [-0.4, -0.2) is 10.1 Å². The highest BCUT2D eigenvalue weighted by Crippen LogP contribution is 2.28. The summed E-state index contributed by atoms with van der Waals surface area (Å²) in [6.07, 6.45) is 2.57. The van der Waals surface area contributed by atoms with Crippen LogP contribution in [0.2, 0.25) is 0 Å². The quantitative estimate of drug-likeness (QED) is 0.746. The number of benzene rings is 1. The Morgan fingerprint density at radius 3 is 2.67 bits per heavy atom. The van der Waals surface area contributed by atoms with Gasteiger partial charge in [0.15, 0.2) is 0 Å². The molecule has 0 aliphatic rings. The van der Waals surface area contributed by atoms with Crippen molar-refractivity contribution in [2.75, 3.05) is 0 Å². The number of hydrogen-bond donors (Lipinski definition) is 1. The van der Waals surface area contributed by atoms with Crippen molar-refractivity contribution in [2.24, 2.45) is 0 Å². The van der Waals surface area contributed by atoms with Crippen molar-refractivity contribution in [1.82, 2.24) is 4.98 Å². The fourth-order valence-corrected chi connectivity index (χ4v) is 2.03. The van der Waals surface area contributed by atoms with Gasteiger partial charge < -0.3 is 9.52 Å². The summed E-state index contributed by atoms with van der Waals surface area (Å²) in [5, 5.41) is 11.3. The average Bonchev–Trinajstić information content (AvgIpc) is 2.81. The van der Waals surface area contributed by atoms with Gasteiger partial charge in [-0.05, 0) is 42.8 Å². The molecule has 90 valence electrons. The number of rotatable bonds is 2. The maximum Gasteiger partial charge on any atom is 0.138 e. The fraction of sp³-hybridized carbons (Fsp3) is 0.133. The average molecular weight is 239 g/mol. The van der Waals surface area contributed by atoms with E-state index in [1.165, 1.54) is 5.56 Å². The number of aliphatic hydroxyl groups excluding tert-OH is 1. The van der Waals surface area contributed by atoms with E-state index in [9.17, 15) is 5.11 Å². The lowest BCUT2D eigenvalue weighted by molar-refractivity contribution is 0.192. The molecule has 3 rings (SSSR count). The lowest BCUT2D eigenvalue weighted by Crippen LogP contribution is -1.97. The van der Waals surface area contributed by atoms with Gasteiger partial charge >= 0.3 is 0 Å². The number of aryl methyl sites for hydroxylation is 1. The lowest BCUT2D eigenvalue weighted by Gasteiger charge is -2.06. The minimum Gasteiger partial charge on any atom is -0.458 e. The molecule has 0 saturated carbocycles. The highest BCUT2D eigenvalue weighted by molar-refractivity contribution is 5.78. The summed E-state index contributed by atoms with van der Waals surface area (Å²) in [7, 11) is 0. The largest absolute Gasteiger partial charge is 0.458 e. The molecule has 0 radical (unpaired) electrons.